The van der Waals surface area contributed by atoms with E-state index in [2.05, 4.69) is 6.92 Å². The monoisotopic (exact) mass is 239 g/mol. The van der Waals surface area contributed by atoms with Crippen molar-refractivity contribution in [2.75, 3.05) is 7.11 Å². The first kappa shape index (κ1) is 14.0. The fourth-order valence-electron chi connectivity index (χ4n) is 1.88. The van der Waals surface area contributed by atoms with E-state index in [4.69, 9.17) is 10.5 Å². The van der Waals surface area contributed by atoms with Crippen LogP contribution in [-0.4, -0.2) is 7.11 Å². The van der Waals surface area contributed by atoms with E-state index in [0.29, 0.717) is 11.3 Å². The van der Waals surface area contributed by atoms with Crippen molar-refractivity contribution in [2.45, 2.75) is 45.1 Å². The summed E-state index contributed by atoms with van der Waals surface area (Å²) < 4.78 is 18.7. The number of hydrogen-bond acceptors (Lipinski definition) is 2. The summed E-state index contributed by atoms with van der Waals surface area (Å²) >= 11 is 0. The lowest BCUT2D eigenvalue weighted by Gasteiger charge is -2.13. The van der Waals surface area contributed by atoms with Gasteiger partial charge in [-0.05, 0) is 12.5 Å². The Kier molecular flexibility index (Phi) is 5.98. The molecule has 0 saturated carbocycles. The maximum absolute atomic E-state index is 13.7. The van der Waals surface area contributed by atoms with Gasteiger partial charge >= 0.3 is 0 Å². The number of methoxy groups -OCH3 is 1. The van der Waals surface area contributed by atoms with Crippen molar-refractivity contribution in [2.24, 2.45) is 5.73 Å². The van der Waals surface area contributed by atoms with Crippen molar-refractivity contribution in [3.8, 4) is 5.75 Å². The molecule has 0 heterocycles. The predicted octanol–water partition coefficient (Wildman–Crippen LogP) is 3.80. The molecule has 1 aromatic rings. The first-order chi connectivity index (χ1) is 8.19. The van der Waals surface area contributed by atoms with Gasteiger partial charge in [-0.25, -0.2) is 4.39 Å². The zero-order valence-electron chi connectivity index (χ0n) is 10.7. The molecule has 1 aromatic carbocycles. The van der Waals surface area contributed by atoms with Crippen LogP contribution in [-0.2, 0) is 0 Å². The highest BCUT2D eigenvalue weighted by Gasteiger charge is 2.11. The minimum Gasteiger partial charge on any atom is -0.497 e. The van der Waals surface area contributed by atoms with Gasteiger partial charge in [0.05, 0.1) is 7.11 Å². The van der Waals surface area contributed by atoms with Crippen molar-refractivity contribution in [3.63, 3.8) is 0 Å². The lowest BCUT2D eigenvalue weighted by molar-refractivity contribution is 0.409. The predicted molar refractivity (Wildman–Crippen MR) is 68.6 cm³/mol. The Bertz CT molecular complexity index is 341. The minimum absolute atomic E-state index is 0.210. The van der Waals surface area contributed by atoms with E-state index in [0.717, 1.165) is 12.8 Å². The van der Waals surface area contributed by atoms with Gasteiger partial charge in [-0.2, -0.15) is 0 Å². The first-order valence-electron chi connectivity index (χ1n) is 6.28. The molecule has 0 spiro atoms. The summed E-state index contributed by atoms with van der Waals surface area (Å²) in [5.74, 6) is 0.261. The molecule has 0 aliphatic carbocycles. The summed E-state index contributed by atoms with van der Waals surface area (Å²) in [5, 5.41) is 0. The Morgan fingerprint density at radius 1 is 1.29 bits per heavy atom. The van der Waals surface area contributed by atoms with E-state index in [-0.39, 0.29) is 11.9 Å². The highest BCUT2D eigenvalue weighted by Crippen LogP contribution is 2.24. The van der Waals surface area contributed by atoms with Gasteiger partial charge in [-0.3, -0.25) is 0 Å². The summed E-state index contributed by atoms with van der Waals surface area (Å²) in [6.07, 6.45) is 5.48. The largest absolute Gasteiger partial charge is 0.497 e. The third-order valence-corrected chi connectivity index (χ3v) is 2.98. The van der Waals surface area contributed by atoms with Gasteiger partial charge in [0.25, 0.3) is 0 Å². The van der Waals surface area contributed by atoms with E-state index >= 15 is 0 Å². The molecule has 1 unspecified atom stereocenters. The van der Waals surface area contributed by atoms with E-state index in [1.807, 2.05) is 0 Å². The summed E-state index contributed by atoms with van der Waals surface area (Å²) in [4.78, 5) is 0. The van der Waals surface area contributed by atoms with Crippen LogP contribution in [0, 0.1) is 5.82 Å². The van der Waals surface area contributed by atoms with Crippen LogP contribution in [0.2, 0.25) is 0 Å². The Morgan fingerprint density at radius 3 is 2.65 bits per heavy atom. The van der Waals surface area contributed by atoms with Gasteiger partial charge in [-0.15, -0.1) is 0 Å². The van der Waals surface area contributed by atoms with E-state index in [1.165, 1.54) is 32.4 Å². The second kappa shape index (κ2) is 7.28. The smallest absolute Gasteiger partial charge is 0.131 e. The summed E-state index contributed by atoms with van der Waals surface area (Å²) in [7, 11) is 1.53. The standard InChI is InChI=1S/C14H22FNO/c1-3-4-5-6-7-14(16)12-9-8-11(17-2)10-13(12)15/h8-10,14H,3-7,16H2,1-2H3. The van der Waals surface area contributed by atoms with E-state index in [1.54, 1.807) is 12.1 Å². The van der Waals surface area contributed by atoms with Gasteiger partial charge < -0.3 is 10.5 Å². The topological polar surface area (TPSA) is 35.2 Å². The number of halogens is 1. The lowest BCUT2D eigenvalue weighted by Crippen LogP contribution is -2.12. The van der Waals surface area contributed by atoms with Crippen LogP contribution in [0.5, 0.6) is 5.75 Å². The molecule has 0 radical (unpaired) electrons. The average molecular weight is 239 g/mol. The molecule has 1 rings (SSSR count). The molecule has 0 fully saturated rings. The molecule has 0 saturated heterocycles. The Morgan fingerprint density at radius 2 is 2.06 bits per heavy atom. The molecule has 0 aliphatic heterocycles. The first-order valence-corrected chi connectivity index (χ1v) is 6.28. The maximum Gasteiger partial charge on any atom is 0.131 e. The second-order valence-electron chi connectivity index (χ2n) is 4.34. The average Bonchev–Trinajstić information content (AvgIpc) is 2.34. The normalized spacial score (nSPS) is 12.5. The molecule has 2 N–H and O–H groups in total. The number of unbranched alkanes of at least 4 members (excludes halogenated alkanes) is 3. The Labute approximate surface area is 103 Å². The maximum atomic E-state index is 13.7. The van der Waals surface area contributed by atoms with Gasteiger partial charge in [0, 0.05) is 17.7 Å². The molecule has 3 heteroatoms. The number of hydrogen-bond donors (Lipinski definition) is 1. The van der Waals surface area contributed by atoms with E-state index < -0.39 is 0 Å². The van der Waals surface area contributed by atoms with Gasteiger partial charge in [0.15, 0.2) is 0 Å². The summed E-state index contributed by atoms with van der Waals surface area (Å²) in [6, 6.07) is 4.65. The third-order valence-electron chi connectivity index (χ3n) is 2.98. The number of nitrogens with two attached hydrogens (primary N) is 1. The zero-order valence-corrected chi connectivity index (χ0v) is 10.7. The lowest BCUT2D eigenvalue weighted by atomic mass is 10.0. The van der Waals surface area contributed by atoms with Crippen LogP contribution in [0.4, 0.5) is 4.39 Å². The molecule has 17 heavy (non-hydrogen) atoms. The van der Waals surface area contributed by atoms with Crippen molar-refractivity contribution in [3.05, 3.63) is 29.6 Å². The number of benzene rings is 1. The molecule has 0 aromatic heterocycles. The molecular weight excluding hydrogens is 217 g/mol. The van der Waals surface area contributed by atoms with Crippen molar-refractivity contribution in [1.29, 1.82) is 0 Å². The highest BCUT2D eigenvalue weighted by molar-refractivity contribution is 5.30. The number of rotatable bonds is 7. The fraction of sp³-hybridized carbons (Fsp3) is 0.571. The molecule has 0 bridgehead atoms. The van der Waals surface area contributed by atoms with Crippen molar-refractivity contribution < 1.29 is 9.13 Å². The molecule has 96 valence electrons. The van der Waals surface area contributed by atoms with Crippen LogP contribution in [0.25, 0.3) is 0 Å². The van der Waals surface area contributed by atoms with Gasteiger partial charge in [0.1, 0.15) is 11.6 Å². The molecule has 2 nitrogen and oxygen atoms in total. The van der Waals surface area contributed by atoms with Gasteiger partial charge in [0.2, 0.25) is 0 Å². The van der Waals surface area contributed by atoms with Crippen LogP contribution in [0.1, 0.15) is 50.6 Å². The van der Waals surface area contributed by atoms with E-state index in [9.17, 15) is 4.39 Å². The van der Waals surface area contributed by atoms with Crippen LogP contribution < -0.4 is 10.5 Å². The molecule has 0 aliphatic rings. The zero-order chi connectivity index (χ0) is 12.7. The Balaban J connectivity index is 2.53. The highest BCUT2D eigenvalue weighted by atomic mass is 19.1. The van der Waals surface area contributed by atoms with Crippen LogP contribution in [0.15, 0.2) is 18.2 Å². The van der Waals surface area contributed by atoms with Crippen LogP contribution in [0.3, 0.4) is 0 Å². The van der Waals surface area contributed by atoms with Crippen LogP contribution >= 0.6 is 0 Å². The Hall–Kier alpha value is -1.09. The van der Waals surface area contributed by atoms with Crippen molar-refractivity contribution >= 4 is 0 Å². The third kappa shape index (κ3) is 4.35. The SMILES string of the molecule is CCCCCCC(N)c1ccc(OC)cc1F. The molecule has 0 amide bonds. The molecule has 1 atom stereocenters. The minimum atomic E-state index is -0.271. The van der Waals surface area contributed by atoms with Crippen molar-refractivity contribution in [1.82, 2.24) is 0 Å². The second-order valence-corrected chi connectivity index (χ2v) is 4.34. The fourth-order valence-corrected chi connectivity index (χ4v) is 1.88. The summed E-state index contributed by atoms with van der Waals surface area (Å²) in [5.41, 5.74) is 6.57. The summed E-state index contributed by atoms with van der Waals surface area (Å²) in [6.45, 7) is 2.17. The van der Waals surface area contributed by atoms with Gasteiger partial charge in [-0.1, -0.05) is 38.7 Å². The quantitative estimate of drug-likeness (QED) is 0.734. The number of ether oxygens (including phenoxy) is 1. The molecular formula is C14H22FNO.